The predicted molar refractivity (Wildman–Crippen MR) is 44.4 cm³/mol. The standard InChI is InChI=1S/C4H5Cl3N2O2/c5-4(6,7)3(8)9-1-2(10)11/h1H2,(H2,8,9)(H,10,11). The second kappa shape index (κ2) is 3.99. The molecule has 0 aromatic carbocycles. The van der Waals surface area contributed by atoms with Crippen molar-refractivity contribution >= 4 is 46.6 Å². The third kappa shape index (κ3) is 5.12. The number of carboxylic acid groups (broad SMARTS) is 1. The van der Waals surface area contributed by atoms with Crippen molar-refractivity contribution in [1.82, 2.24) is 0 Å². The van der Waals surface area contributed by atoms with E-state index in [2.05, 4.69) is 4.99 Å². The first-order valence-corrected chi connectivity index (χ1v) is 3.56. The fourth-order valence-electron chi connectivity index (χ4n) is 0.242. The van der Waals surface area contributed by atoms with Crippen molar-refractivity contribution in [2.24, 2.45) is 10.7 Å². The van der Waals surface area contributed by atoms with E-state index < -0.39 is 16.3 Å². The van der Waals surface area contributed by atoms with Gasteiger partial charge in [0.25, 0.3) is 0 Å². The Labute approximate surface area is 77.9 Å². The van der Waals surface area contributed by atoms with Crippen LogP contribution in [-0.4, -0.2) is 27.2 Å². The van der Waals surface area contributed by atoms with Crippen molar-refractivity contribution in [3.63, 3.8) is 0 Å². The zero-order valence-electron chi connectivity index (χ0n) is 5.22. The summed E-state index contributed by atoms with van der Waals surface area (Å²) in [6.45, 7) is -0.500. The van der Waals surface area contributed by atoms with E-state index in [0.717, 1.165) is 0 Å². The van der Waals surface area contributed by atoms with E-state index in [9.17, 15) is 4.79 Å². The Kier molecular flexibility index (Phi) is 3.92. The average molecular weight is 219 g/mol. The van der Waals surface area contributed by atoms with Crippen molar-refractivity contribution in [3.8, 4) is 0 Å². The van der Waals surface area contributed by atoms with Gasteiger partial charge in [-0.2, -0.15) is 0 Å². The highest BCUT2D eigenvalue weighted by Gasteiger charge is 2.25. The van der Waals surface area contributed by atoms with Gasteiger partial charge in [0.15, 0.2) is 0 Å². The molecule has 0 spiro atoms. The van der Waals surface area contributed by atoms with Gasteiger partial charge in [0, 0.05) is 0 Å². The number of amidine groups is 1. The number of aliphatic imine (C=N–C) groups is 1. The number of aliphatic carboxylic acids is 1. The minimum atomic E-state index is -1.82. The molecule has 0 unspecified atom stereocenters. The maximum absolute atomic E-state index is 9.94. The summed E-state index contributed by atoms with van der Waals surface area (Å²) in [4.78, 5) is 13.2. The third-order valence-corrected chi connectivity index (χ3v) is 1.26. The maximum atomic E-state index is 9.94. The highest BCUT2D eigenvalue weighted by atomic mass is 35.6. The zero-order valence-corrected chi connectivity index (χ0v) is 7.49. The van der Waals surface area contributed by atoms with Crippen LogP contribution < -0.4 is 5.73 Å². The largest absolute Gasteiger partial charge is 0.480 e. The quantitative estimate of drug-likeness (QED) is 0.410. The number of hydrogen-bond acceptors (Lipinski definition) is 2. The monoisotopic (exact) mass is 218 g/mol. The molecule has 0 aliphatic rings. The lowest BCUT2D eigenvalue weighted by atomic mass is 10.6. The van der Waals surface area contributed by atoms with E-state index in [1.807, 2.05) is 0 Å². The molecule has 0 fully saturated rings. The van der Waals surface area contributed by atoms with Crippen LogP contribution in [0.15, 0.2) is 4.99 Å². The Morgan fingerprint density at radius 2 is 2.00 bits per heavy atom. The summed E-state index contributed by atoms with van der Waals surface area (Å²) in [5.41, 5.74) is 5.09. The number of rotatable bonds is 2. The Morgan fingerprint density at radius 3 is 2.27 bits per heavy atom. The maximum Gasteiger partial charge on any atom is 0.325 e. The molecule has 0 atom stereocenters. The number of hydrogen-bond donors (Lipinski definition) is 2. The van der Waals surface area contributed by atoms with E-state index in [0.29, 0.717) is 0 Å². The molecule has 7 heteroatoms. The molecule has 0 rings (SSSR count). The summed E-state index contributed by atoms with van der Waals surface area (Å²) in [5.74, 6) is -1.47. The smallest absolute Gasteiger partial charge is 0.325 e. The van der Waals surface area contributed by atoms with Gasteiger partial charge in [-0.25, -0.2) is 0 Å². The van der Waals surface area contributed by atoms with Crippen molar-refractivity contribution in [3.05, 3.63) is 0 Å². The van der Waals surface area contributed by atoms with Gasteiger partial charge in [-0.1, -0.05) is 34.8 Å². The van der Waals surface area contributed by atoms with Gasteiger partial charge in [-0.3, -0.25) is 9.79 Å². The minimum absolute atomic E-state index is 0.329. The van der Waals surface area contributed by atoms with Crippen molar-refractivity contribution < 1.29 is 9.90 Å². The molecular weight excluding hydrogens is 214 g/mol. The van der Waals surface area contributed by atoms with Crippen LogP contribution in [0, 0.1) is 0 Å². The van der Waals surface area contributed by atoms with Crippen molar-refractivity contribution in [2.45, 2.75) is 3.79 Å². The molecule has 0 aromatic heterocycles. The van der Waals surface area contributed by atoms with Gasteiger partial charge in [-0.15, -0.1) is 0 Å². The van der Waals surface area contributed by atoms with E-state index >= 15 is 0 Å². The summed E-state index contributed by atoms with van der Waals surface area (Å²) < 4.78 is -1.82. The number of carboxylic acids is 1. The Balaban J connectivity index is 4.12. The Hall–Kier alpha value is -0.190. The molecule has 0 aromatic rings. The summed E-state index contributed by atoms with van der Waals surface area (Å²) >= 11 is 15.7. The first kappa shape index (κ1) is 10.8. The lowest BCUT2D eigenvalue weighted by molar-refractivity contribution is -0.135. The summed E-state index contributed by atoms with van der Waals surface area (Å²) in [6.07, 6.45) is 0. The van der Waals surface area contributed by atoms with Crippen molar-refractivity contribution in [2.75, 3.05) is 6.54 Å². The average Bonchev–Trinajstić information content (AvgIpc) is 1.80. The molecular formula is C4H5Cl3N2O2. The van der Waals surface area contributed by atoms with Gasteiger partial charge < -0.3 is 10.8 Å². The van der Waals surface area contributed by atoms with E-state index in [1.165, 1.54) is 0 Å². The molecule has 11 heavy (non-hydrogen) atoms. The lowest BCUT2D eigenvalue weighted by Gasteiger charge is -2.08. The van der Waals surface area contributed by atoms with Crippen LogP contribution in [0.1, 0.15) is 0 Å². The summed E-state index contributed by atoms with van der Waals surface area (Å²) in [7, 11) is 0. The first-order valence-electron chi connectivity index (χ1n) is 2.43. The molecule has 0 heterocycles. The molecule has 0 saturated carbocycles. The Morgan fingerprint density at radius 1 is 1.55 bits per heavy atom. The molecule has 0 aliphatic carbocycles. The molecule has 0 aliphatic heterocycles. The Bertz CT molecular complexity index is 186. The van der Waals surface area contributed by atoms with E-state index in [1.54, 1.807) is 0 Å². The third-order valence-electron chi connectivity index (χ3n) is 0.675. The van der Waals surface area contributed by atoms with Crippen LogP contribution in [0.4, 0.5) is 0 Å². The molecule has 0 bridgehead atoms. The topological polar surface area (TPSA) is 75.7 Å². The number of nitrogens with zero attached hydrogens (tertiary/aromatic N) is 1. The van der Waals surface area contributed by atoms with Gasteiger partial charge in [0.2, 0.25) is 3.79 Å². The van der Waals surface area contributed by atoms with E-state index in [4.69, 9.17) is 45.6 Å². The van der Waals surface area contributed by atoms with E-state index in [-0.39, 0.29) is 5.84 Å². The molecule has 4 nitrogen and oxygen atoms in total. The van der Waals surface area contributed by atoms with Gasteiger partial charge in [-0.05, 0) is 0 Å². The lowest BCUT2D eigenvalue weighted by Crippen LogP contribution is -2.29. The van der Waals surface area contributed by atoms with Crippen LogP contribution in [0.3, 0.4) is 0 Å². The molecule has 0 saturated heterocycles. The molecule has 64 valence electrons. The predicted octanol–water partition coefficient (Wildman–Crippen LogP) is 0.798. The van der Waals surface area contributed by atoms with Crippen LogP contribution in [0.25, 0.3) is 0 Å². The van der Waals surface area contributed by atoms with Gasteiger partial charge in [0.05, 0.1) is 0 Å². The second-order valence-corrected chi connectivity index (χ2v) is 3.87. The number of carbonyl (C=O) groups is 1. The fourth-order valence-corrected chi connectivity index (χ4v) is 0.422. The normalized spacial score (nSPS) is 13.2. The van der Waals surface area contributed by atoms with Gasteiger partial charge in [0.1, 0.15) is 12.4 Å². The number of halogens is 3. The first-order chi connectivity index (χ1) is 4.84. The summed E-state index contributed by atoms with van der Waals surface area (Å²) in [6, 6.07) is 0. The highest BCUT2D eigenvalue weighted by Crippen LogP contribution is 2.25. The van der Waals surface area contributed by atoms with Crippen LogP contribution >= 0.6 is 34.8 Å². The SMILES string of the molecule is NC(=NCC(=O)O)C(Cl)(Cl)Cl. The fraction of sp³-hybridized carbons (Fsp3) is 0.500. The molecule has 0 radical (unpaired) electrons. The number of nitrogens with two attached hydrogens (primary N) is 1. The molecule has 3 N–H and O–H groups in total. The minimum Gasteiger partial charge on any atom is -0.480 e. The molecule has 0 amide bonds. The number of alkyl halides is 3. The highest BCUT2D eigenvalue weighted by molar-refractivity contribution is 6.76. The van der Waals surface area contributed by atoms with Crippen LogP contribution in [0.5, 0.6) is 0 Å². The van der Waals surface area contributed by atoms with Gasteiger partial charge >= 0.3 is 5.97 Å². The van der Waals surface area contributed by atoms with Crippen LogP contribution in [0.2, 0.25) is 0 Å². The summed E-state index contributed by atoms with van der Waals surface area (Å²) in [5, 5.41) is 8.14. The second-order valence-electron chi connectivity index (χ2n) is 1.59. The van der Waals surface area contributed by atoms with Crippen LogP contribution in [-0.2, 0) is 4.79 Å². The zero-order chi connectivity index (χ0) is 9.07. The van der Waals surface area contributed by atoms with Crippen molar-refractivity contribution in [1.29, 1.82) is 0 Å².